The van der Waals surface area contributed by atoms with Crippen molar-refractivity contribution in [3.05, 3.63) is 10.5 Å². The van der Waals surface area contributed by atoms with Crippen molar-refractivity contribution in [3.63, 3.8) is 0 Å². The summed E-state index contributed by atoms with van der Waals surface area (Å²) in [7, 11) is 2.60. The number of esters is 2. The summed E-state index contributed by atoms with van der Waals surface area (Å²) in [6, 6.07) is 0. The number of thioether (sulfide) groups is 1. The fourth-order valence-electron chi connectivity index (χ4n) is 4.76. The number of carbonyl (C=O) groups excluding carboxylic acids is 3. The molecule has 0 heterocycles. The van der Waals surface area contributed by atoms with Crippen LogP contribution in [0.5, 0.6) is 0 Å². The third kappa shape index (κ3) is 1.76. The van der Waals surface area contributed by atoms with Crippen LogP contribution in [-0.2, 0) is 23.9 Å². The van der Waals surface area contributed by atoms with Crippen LogP contribution in [0.1, 0.15) is 25.7 Å². The van der Waals surface area contributed by atoms with Crippen LogP contribution in [-0.4, -0.2) is 38.2 Å². The molecule has 0 saturated heterocycles. The van der Waals surface area contributed by atoms with E-state index in [0.29, 0.717) is 0 Å². The van der Waals surface area contributed by atoms with Gasteiger partial charge in [0.2, 0.25) is 0 Å². The molecule has 3 aliphatic carbocycles. The average molecular weight is 324 g/mol. The fourth-order valence-corrected chi connectivity index (χ4v) is 5.59. The van der Waals surface area contributed by atoms with Crippen molar-refractivity contribution in [3.8, 4) is 0 Å². The number of ether oxygens (including phenoxy) is 2. The first-order chi connectivity index (χ1) is 10.5. The molecule has 0 aromatic rings. The number of carbonyl (C=O) groups is 3. The van der Waals surface area contributed by atoms with Crippen LogP contribution >= 0.6 is 11.8 Å². The van der Waals surface area contributed by atoms with E-state index in [2.05, 4.69) is 0 Å². The van der Waals surface area contributed by atoms with Gasteiger partial charge in [0.05, 0.1) is 14.2 Å². The highest BCUT2D eigenvalue weighted by molar-refractivity contribution is 8.03. The van der Waals surface area contributed by atoms with Crippen molar-refractivity contribution >= 4 is 29.5 Å². The molecule has 0 radical (unpaired) electrons. The number of allylic oxidation sites excluding steroid dienone is 2. The highest BCUT2D eigenvalue weighted by Crippen LogP contribution is 2.63. The topological polar surface area (TPSA) is 69.7 Å². The molecule has 0 aromatic heterocycles. The highest BCUT2D eigenvalue weighted by atomic mass is 32.2. The standard InChI is InChI=1S/C16H20O5S/c1-20-14(18)16(15(19)21-2)7-9-11-8(5-4-6-10(11)16)12(17)13(9)22-3/h8,10-11H,4-7H2,1-3H3/t8-,10+,11+/m0/s1. The normalized spacial score (nSPS) is 32.0. The van der Waals surface area contributed by atoms with E-state index in [1.807, 2.05) is 6.26 Å². The number of ketones is 1. The lowest BCUT2D eigenvalue weighted by Crippen LogP contribution is -2.47. The first-order valence-electron chi connectivity index (χ1n) is 7.51. The lowest BCUT2D eigenvalue weighted by atomic mass is 9.66. The summed E-state index contributed by atoms with van der Waals surface area (Å²) in [4.78, 5) is 38.3. The van der Waals surface area contributed by atoms with Gasteiger partial charge in [-0.2, -0.15) is 0 Å². The summed E-state index contributed by atoms with van der Waals surface area (Å²) in [6.07, 6.45) is 4.58. The van der Waals surface area contributed by atoms with Gasteiger partial charge in [0.1, 0.15) is 0 Å². The van der Waals surface area contributed by atoms with Crippen LogP contribution in [0.2, 0.25) is 0 Å². The molecule has 0 aliphatic heterocycles. The van der Waals surface area contributed by atoms with Crippen LogP contribution in [0.25, 0.3) is 0 Å². The maximum atomic E-state index is 12.5. The molecule has 120 valence electrons. The summed E-state index contributed by atoms with van der Waals surface area (Å²) in [5, 5.41) is 0. The molecule has 3 atom stereocenters. The summed E-state index contributed by atoms with van der Waals surface area (Å²) < 4.78 is 9.92. The molecule has 0 aromatic carbocycles. The highest BCUT2D eigenvalue weighted by Gasteiger charge is 2.67. The molecule has 0 spiro atoms. The summed E-state index contributed by atoms with van der Waals surface area (Å²) in [5.41, 5.74) is -0.299. The lowest BCUT2D eigenvalue weighted by molar-refractivity contribution is -0.174. The summed E-state index contributed by atoms with van der Waals surface area (Å²) in [5.74, 6) is -1.12. The third-order valence-electron chi connectivity index (χ3n) is 5.56. The number of hydrogen-bond donors (Lipinski definition) is 0. The Hall–Kier alpha value is -1.30. The maximum Gasteiger partial charge on any atom is 0.323 e. The van der Waals surface area contributed by atoms with Gasteiger partial charge in [0.15, 0.2) is 11.2 Å². The Morgan fingerprint density at radius 1 is 1.18 bits per heavy atom. The fraction of sp³-hybridized carbons (Fsp3) is 0.688. The zero-order chi connectivity index (χ0) is 16.1. The zero-order valence-corrected chi connectivity index (χ0v) is 13.8. The molecule has 5 nitrogen and oxygen atoms in total. The predicted octanol–water partition coefficient (Wildman–Crippen LogP) is 1.95. The van der Waals surface area contributed by atoms with Crippen LogP contribution in [0.15, 0.2) is 10.5 Å². The van der Waals surface area contributed by atoms with Gasteiger partial charge in [-0.05, 0) is 42.9 Å². The van der Waals surface area contributed by atoms with E-state index < -0.39 is 17.4 Å². The first kappa shape index (κ1) is 15.6. The predicted molar refractivity (Wildman–Crippen MR) is 81.0 cm³/mol. The molecule has 3 aliphatic rings. The molecule has 2 fully saturated rings. The van der Waals surface area contributed by atoms with Crippen molar-refractivity contribution in [2.75, 3.05) is 20.5 Å². The number of rotatable bonds is 3. The van der Waals surface area contributed by atoms with Gasteiger partial charge < -0.3 is 9.47 Å². The smallest absolute Gasteiger partial charge is 0.323 e. The largest absolute Gasteiger partial charge is 0.468 e. The van der Waals surface area contributed by atoms with E-state index in [9.17, 15) is 14.4 Å². The monoisotopic (exact) mass is 324 g/mol. The van der Waals surface area contributed by atoms with E-state index in [0.717, 1.165) is 29.7 Å². The van der Waals surface area contributed by atoms with Crippen molar-refractivity contribution in [2.45, 2.75) is 25.7 Å². The van der Waals surface area contributed by atoms with Gasteiger partial charge in [-0.1, -0.05) is 6.42 Å². The van der Waals surface area contributed by atoms with Gasteiger partial charge in [-0.15, -0.1) is 11.8 Å². The van der Waals surface area contributed by atoms with E-state index in [-0.39, 0.29) is 30.0 Å². The Morgan fingerprint density at radius 2 is 1.82 bits per heavy atom. The molecule has 0 N–H and O–H groups in total. The van der Waals surface area contributed by atoms with E-state index in [1.54, 1.807) is 0 Å². The maximum absolute atomic E-state index is 12.5. The molecule has 6 heteroatoms. The Labute approximate surface area is 133 Å². The van der Waals surface area contributed by atoms with Gasteiger partial charge in [-0.3, -0.25) is 14.4 Å². The van der Waals surface area contributed by atoms with Crippen molar-refractivity contribution < 1.29 is 23.9 Å². The minimum Gasteiger partial charge on any atom is -0.468 e. The molecular formula is C16H20O5S. The molecule has 0 unspecified atom stereocenters. The van der Waals surface area contributed by atoms with Crippen LogP contribution in [0.3, 0.4) is 0 Å². The molecule has 3 rings (SSSR count). The van der Waals surface area contributed by atoms with Crippen LogP contribution in [0.4, 0.5) is 0 Å². The summed E-state index contributed by atoms with van der Waals surface area (Å²) in [6.45, 7) is 0. The third-order valence-corrected chi connectivity index (χ3v) is 6.43. The van der Waals surface area contributed by atoms with Crippen LogP contribution < -0.4 is 0 Å². The van der Waals surface area contributed by atoms with Gasteiger partial charge >= 0.3 is 11.9 Å². The van der Waals surface area contributed by atoms with E-state index >= 15 is 0 Å². The molecule has 0 amide bonds. The quantitative estimate of drug-likeness (QED) is 0.584. The Bertz CT molecular complexity index is 563. The lowest BCUT2D eigenvalue weighted by Gasteiger charge is -2.37. The number of methoxy groups -OCH3 is 2. The second kappa shape index (κ2) is 5.41. The summed E-state index contributed by atoms with van der Waals surface area (Å²) >= 11 is 1.43. The minimum absolute atomic E-state index is 0.00176. The Kier molecular flexibility index (Phi) is 3.83. The second-order valence-electron chi connectivity index (χ2n) is 6.22. The molecule has 2 saturated carbocycles. The number of hydrogen-bond acceptors (Lipinski definition) is 6. The Balaban J connectivity index is 2.16. The SMILES string of the molecule is COC(=O)C1(C(=O)OC)CC2=C(SC)C(=O)[C@H]3CCC[C@@H]1[C@@H]23. The molecule has 0 bridgehead atoms. The van der Waals surface area contributed by atoms with E-state index in [4.69, 9.17) is 9.47 Å². The van der Waals surface area contributed by atoms with E-state index in [1.165, 1.54) is 26.0 Å². The molecular weight excluding hydrogens is 304 g/mol. The first-order valence-corrected chi connectivity index (χ1v) is 8.73. The van der Waals surface area contributed by atoms with Gasteiger partial charge in [0, 0.05) is 10.8 Å². The molecule has 22 heavy (non-hydrogen) atoms. The van der Waals surface area contributed by atoms with Gasteiger partial charge in [-0.25, -0.2) is 0 Å². The second-order valence-corrected chi connectivity index (χ2v) is 7.04. The Morgan fingerprint density at radius 3 is 2.36 bits per heavy atom. The van der Waals surface area contributed by atoms with Crippen molar-refractivity contribution in [1.29, 1.82) is 0 Å². The zero-order valence-electron chi connectivity index (χ0n) is 13.0. The number of Topliss-reactive ketones (excluding diaryl/α,β-unsaturated/α-hetero) is 1. The van der Waals surface area contributed by atoms with Gasteiger partial charge in [0.25, 0.3) is 0 Å². The minimum atomic E-state index is -1.27. The van der Waals surface area contributed by atoms with Crippen molar-refractivity contribution in [2.24, 2.45) is 23.2 Å². The van der Waals surface area contributed by atoms with Crippen molar-refractivity contribution in [1.82, 2.24) is 0 Å². The van der Waals surface area contributed by atoms with Crippen LogP contribution in [0, 0.1) is 23.2 Å². The average Bonchev–Trinajstić information content (AvgIpc) is 3.03.